The molecule has 0 bridgehead atoms. The second-order valence-electron chi connectivity index (χ2n) is 1.39. The van der Waals surface area contributed by atoms with Crippen molar-refractivity contribution in [3.05, 3.63) is 0 Å². The van der Waals surface area contributed by atoms with E-state index >= 15 is 0 Å². The van der Waals surface area contributed by atoms with Gasteiger partial charge in [-0.25, -0.2) is 0 Å². The minimum absolute atomic E-state index is 0.133. The third-order valence-corrected chi connectivity index (χ3v) is 1.53. The third kappa shape index (κ3) is 1.25. The molecule has 1 saturated heterocycles. The molecule has 0 radical (unpaired) electrons. The first kappa shape index (κ1) is 6.15. The Morgan fingerprint density at radius 3 is 2.88 bits per heavy atom. The van der Waals surface area contributed by atoms with E-state index in [9.17, 15) is 4.21 Å². The molecule has 1 aliphatic heterocycles. The van der Waals surface area contributed by atoms with E-state index < -0.39 is 17.5 Å². The first-order chi connectivity index (χ1) is 3.83. The highest BCUT2D eigenvalue weighted by atomic mass is 32.2. The van der Waals surface area contributed by atoms with E-state index in [1.165, 1.54) is 0 Å². The van der Waals surface area contributed by atoms with Gasteiger partial charge in [0.15, 0.2) is 0 Å². The summed E-state index contributed by atoms with van der Waals surface area (Å²) in [6.45, 7) is 0.0921. The summed E-state index contributed by atoms with van der Waals surface area (Å²) in [6.07, 6.45) is -0.393. The van der Waals surface area contributed by atoms with Crippen LogP contribution in [-0.4, -0.2) is 28.6 Å². The van der Waals surface area contributed by atoms with E-state index in [0.29, 0.717) is 0 Å². The van der Waals surface area contributed by atoms with Gasteiger partial charge in [0.05, 0.1) is 13.2 Å². The van der Waals surface area contributed by atoms with E-state index in [1.807, 2.05) is 0 Å². The van der Waals surface area contributed by atoms with Crippen LogP contribution in [0.5, 0.6) is 0 Å². The predicted molar refractivity (Wildman–Crippen MR) is 26.1 cm³/mol. The van der Waals surface area contributed by atoms with Crippen LogP contribution in [0.2, 0.25) is 0 Å². The van der Waals surface area contributed by atoms with Gasteiger partial charge >= 0.3 is 11.4 Å². The van der Waals surface area contributed by atoms with Gasteiger partial charge in [0.1, 0.15) is 6.10 Å². The lowest BCUT2D eigenvalue weighted by Crippen LogP contribution is -2.13. The molecule has 2 unspecified atom stereocenters. The molecule has 0 aromatic heterocycles. The summed E-state index contributed by atoms with van der Waals surface area (Å²) >= 11 is -1.61. The molecule has 0 aliphatic carbocycles. The average molecular weight is 138 g/mol. The van der Waals surface area contributed by atoms with Crippen molar-refractivity contribution < 1.29 is 17.7 Å². The van der Waals surface area contributed by atoms with E-state index in [0.717, 1.165) is 0 Å². The standard InChI is InChI=1S/C3H6O4S/c4-1-3-2-6-8(5)7-3/h3-4H,1-2H2. The van der Waals surface area contributed by atoms with Crippen LogP contribution in [0.4, 0.5) is 0 Å². The Morgan fingerprint density at radius 1 is 1.88 bits per heavy atom. The van der Waals surface area contributed by atoms with Crippen LogP contribution >= 0.6 is 0 Å². The lowest BCUT2D eigenvalue weighted by Gasteiger charge is -1.95. The number of hydrogen-bond donors (Lipinski definition) is 1. The molecule has 1 heterocycles. The zero-order chi connectivity index (χ0) is 5.98. The van der Waals surface area contributed by atoms with Gasteiger partial charge in [-0.15, -0.1) is 0 Å². The van der Waals surface area contributed by atoms with Crippen LogP contribution in [-0.2, 0) is 19.7 Å². The Hall–Kier alpha value is 0.0300. The van der Waals surface area contributed by atoms with Crippen LogP contribution in [0.15, 0.2) is 0 Å². The topological polar surface area (TPSA) is 55.8 Å². The van der Waals surface area contributed by atoms with Gasteiger partial charge < -0.3 is 5.11 Å². The van der Waals surface area contributed by atoms with E-state index in [4.69, 9.17) is 5.11 Å². The minimum Gasteiger partial charge on any atom is -0.394 e. The van der Waals surface area contributed by atoms with Crippen molar-refractivity contribution in [3.63, 3.8) is 0 Å². The third-order valence-electron chi connectivity index (χ3n) is 0.768. The molecule has 0 aromatic rings. The van der Waals surface area contributed by atoms with Gasteiger partial charge in [-0.2, -0.15) is 4.21 Å². The summed E-state index contributed by atoms with van der Waals surface area (Å²) < 4.78 is 19.1. The van der Waals surface area contributed by atoms with Gasteiger partial charge in [-0.1, -0.05) is 0 Å². The summed E-state index contributed by atoms with van der Waals surface area (Å²) in [7, 11) is 0. The molecule has 1 rings (SSSR count). The van der Waals surface area contributed by atoms with Crippen molar-refractivity contribution in [2.75, 3.05) is 13.2 Å². The van der Waals surface area contributed by atoms with E-state index in [1.54, 1.807) is 0 Å². The van der Waals surface area contributed by atoms with Gasteiger partial charge in [0.25, 0.3) is 0 Å². The van der Waals surface area contributed by atoms with Crippen LogP contribution < -0.4 is 0 Å². The fourth-order valence-electron chi connectivity index (χ4n) is 0.381. The van der Waals surface area contributed by atoms with Gasteiger partial charge in [0, 0.05) is 0 Å². The molecule has 8 heavy (non-hydrogen) atoms. The zero-order valence-corrected chi connectivity index (χ0v) is 4.89. The second kappa shape index (κ2) is 2.54. The number of aliphatic hydroxyl groups excluding tert-OH is 1. The lowest BCUT2D eigenvalue weighted by atomic mass is 10.4. The summed E-state index contributed by atoms with van der Waals surface area (Å²) in [5.41, 5.74) is 0. The van der Waals surface area contributed by atoms with Gasteiger partial charge in [0.2, 0.25) is 0 Å². The Bertz CT molecular complexity index is 103. The first-order valence-electron chi connectivity index (χ1n) is 2.16. The minimum atomic E-state index is -1.61. The van der Waals surface area contributed by atoms with Crippen molar-refractivity contribution in [1.82, 2.24) is 0 Å². The molecule has 48 valence electrons. The summed E-state index contributed by atoms with van der Waals surface area (Å²) in [5.74, 6) is 0. The van der Waals surface area contributed by atoms with Crippen molar-refractivity contribution in [2.24, 2.45) is 0 Å². The molecule has 1 aliphatic rings. The van der Waals surface area contributed by atoms with Gasteiger partial charge in [-0.05, 0) is 0 Å². The predicted octanol–water partition coefficient (Wildman–Crippen LogP) is -1.03. The molecule has 0 aromatic carbocycles. The molecule has 2 atom stereocenters. The Labute approximate surface area is 49.3 Å². The normalized spacial score (nSPS) is 38.1. The molecular formula is C3H6O4S. The maximum atomic E-state index is 10.2. The lowest BCUT2D eigenvalue weighted by molar-refractivity contribution is 0.137. The maximum Gasteiger partial charge on any atom is 0.305 e. The quantitative estimate of drug-likeness (QED) is 0.503. The smallest absolute Gasteiger partial charge is 0.305 e. The molecule has 1 N–H and O–H groups in total. The summed E-state index contributed by atoms with van der Waals surface area (Å²) in [4.78, 5) is 0. The summed E-state index contributed by atoms with van der Waals surface area (Å²) in [5, 5.41) is 8.34. The number of rotatable bonds is 1. The molecule has 5 heteroatoms. The maximum absolute atomic E-state index is 10.2. The molecule has 0 amide bonds. The SMILES string of the molecule is O=S1OCC(CO)O1. The average Bonchev–Trinajstić information content (AvgIpc) is 2.14. The molecule has 0 spiro atoms. The zero-order valence-electron chi connectivity index (χ0n) is 4.07. The highest BCUT2D eigenvalue weighted by Gasteiger charge is 2.21. The Morgan fingerprint density at radius 2 is 2.62 bits per heavy atom. The first-order valence-corrected chi connectivity index (χ1v) is 3.16. The van der Waals surface area contributed by atoms with Crippen LogP contribution in [0, 0.1) is 0 Å². The highest BCUT2D eigenvalue weighted by Crippen LogP contribution is 2.06. The van der Waals surface area contributed by atoms with Crippen molar-refractivity contribution in [1.29, 1.82) is 0 Å². The largest absolute Gasteiger partial charge is 0.394 e. The Kier molecular flexibility index (Phi) is 1.95. The second-order valence-corrected chi connectivity index (χ2v) is 2.23. The van der Waals surface area contributed by atoms with Crippen molar-refractivity contribution in [3.8, 4) is 0 Å². The van der Waals surface area contributed by atoms with E-state index in [2.05, 4.69) is 8.37 Å². The van der Waals surface area contributed by atoms with Crippen LogP contribution in [0.3, 0.4) is 0 Å². The molecule has 4 nitrogen and oxygen atoms in total. The fraction of sp³-hybridized carbons (Fsp3) is 1.00. The Balaban J connectivity index is 2.32. The number of aliphatic hydroxyl groups is 1. The molecular weight excluding hydrogens is 132 g/mol. The van der Waals surface area contributed by atoms with Crippen molar-refractivity contribution >= 4 is 11.4 Å². The number of hydrogen-bond acceptors (Lipinski definition) is 4. The van der Waals surface area contributed by atoms with E-state index in [-0.39, 0.29) is 13.2 Å². The summed E-state index contributed by atoms with van der Waals surface area (Å²) in [6, 6.07) is 0. The molecule has 0 saturated carbocycles. The molecule has 1 fully saturated rings. The van der Waals surface area contributed by atoms with Crippen LogP contribution in [0.25, 0.3) is 0 Å². The monoisotopic (exact) mass is 138 g/mol. The van der Waals surface area contributed by atoms with Gasteiger partial charge in [-0.3, -0.25) is 8.37 Å². The van der Waals surface area contributed by atoms with Crippen LogP contribution in [0.1, 0.15) is 0 Å². The highest BCUT2D eigenvalue weighted by molar-refractivity contribution is 7.75. The fourth-order valence-corrected chi connectivity index (χ4v) is 1.04. The van der Waals surface area contributed by atoms with Crippen molar-refractivity contribution in [2.45, 2.75) is 6.10 Å².